The maximum absolute atomic E-state index is 12.7. The molecule has 1 aliphatic carbocycles. The summed E-state index contributed by atoms with van der Waals surface area (Å²) in [5, 5.41) is 0. The first-order valence-electron chi connectivity index (χ1n) is 8.50. The van der Waals surface area contributed by atoms with Crippen LogP contribution in [0, 0.1) is 0 Å². The Labute approximate surface area is 161 Å². The van der Waals surface area contributed by atoms with Gasteiger partial charge < -0.3 is 4.74 Å². The number of carbonyl (C=O) groups excluding carboxylic acids is 1. The summed E-state index contributed by atoms with van der Waals surface area (Å²) in [5.74, 6) is 0.878. The van der Waals surface area contributed by atoms with Gasteiger partial charge in [-0.25, -0.2) is 0 Å². The smallest absolute Gasteiger partial charge is 0.189 e. The molecule has 26 heavy (non-hydrogen) atoms. The van der Waals surface area contributed by atoms with Crippen molar-refractivity contribution >= 4 is 27.8 Å². The molecule has 4 rings (SSSR count). The highest BCUT2D eigenvalue weighted by molar-refractivity contribution is 9.10. The lowest BCUT2D eigenvalue weighted by Crippen LogP contribution is -1.99. The van der Waals surface area contributed by atoms with Crippen LogP contribution in [0.1, 0.15) is 27.0 Å². The van der Waals surface area contributed by atoms with E-state index in [0.29, 0.717) is 13.0 Å². The first kappa shape index (κ1) is 16.8. The second kappa shape index (κ2) is 7.30. The molecule has 0 spiro atoms. The number of fused-ring (bicyclic) bond motifs is 1. The van der Waals surface area contributed by atoms with Gasteiger partial charge in [-0.15, -0.1) is 0 Å². The van der Waals surface area contributed by atoms with Crippen molar-refractivity contribution in [2.45, 2.75) is 13.0 Å². The summed E-state index contributed by atoms with van der Waals surface area (Å²) >= 11 is 3.52. The number of ether oxygens (including phenoxy) is 1. The maximum Gasteiger partial charge on any atom is 0.189 e. The number of carbonyl (C=O) groups is 1. The Morgan fingerprint density at radius 1 is 0.962 bits per heavy atom. The summed E-state index contributed by atoms with van der Waals surface area (Å²) < 4.78 is 6.98. The minimum absolute atomic E-state index is 0.106. The molecule has 0 N–H and O–H groups in total. The lowest BCUT2D eigenvalue weighted by Gasteiger charge is -2.10. The fourth-order valence-electron chi connectivity index (χ4n) is 3.16. The van der Waals surface area contributed by atoms with E-state index in [-0.39, 0.29) is 5.78 Å². The third kappa shape index (κ3) is 3.49. The highest BCUT2D eigenvalue weighted by Gasteiger charge is 2.24. The van der Waals surface area contributed by atoms with Crippen LogP contribution in [0.2, 0.25) is 0 Å². The summed E-state index contributed by atoms with van der Waals surface area (Å²) in [6.45, 7) is 0.493. The largest absolute Gasteiger partial charge is 0.488 e. The summed E-state index contributed by atoms with van der Waals surface area (Å²) in [4.78, 5) is 12.7. The monoisotopic (exact) mass is 404 g/mol. The van der Waals surface area contributed by atoms with Crippen molar-refractivity contribution < 1.29 is 9.53 Å². The second-order valence-corrected chi connectivity index (χ2v) is 7.20. The van der Waals surface area contributed by atoms with E-state index in [9.17, 15) is 4.79 Å². The van der Waals surface area contributed by atoms with Gasteiger partial charge in [0.2, 0.25) is 0 Å². The van der Waals surface area contributed by atoms with Gasteiger partial charge in [0.05, 0.1) is 0 Å². The standard InChI is InChI=1S/C23H17BrO2/c24-20-10-11-22(26-15-16-6-2-1-3-7-16)18(14-20)13-19-12-17-8-4-5-9-21(17)23(19)25/h1-11,13-14H,12,15H2/b19-13+. The molecule has 0 aromatic heterocycles. The van der Waals surface area contributed by atoms with E-state index in [2.05, 4.69) is 15.9 Å². The van der Waals surface area contributed by atoms with Crippen molar-refractivity contribution in [2.75, 3.05) is 0 Å². The molecule has 3 aromatic carbocycles. The van der Waals surface area contributed by atoms with E-state index in [1.54, 1.807) is 0 Å². The van der Waals surface area contributed by atoms with Crippen molar-refractivity contribution in [3.05, 3.63) is 105 Å². The van der Waals surface area contributed by atoms with Gasteiger partial charge in [0.1, 0.15) is 12.4 Å². The Kier molecular flexibility index (Phi) is 4.72. The molecular formula is C23H17BrO2. The molecular weight excluding hydrogens is 388 g/mol. The lowest BCUT2D eigenvalue weighted by atomic mass is 10.1. The van der Waals surface area contributed by atoms with Crippen molar-refractivity contribution in [1.29, 1.82) is 0 Å². The van der Waals surface area contributed by atoms with Gasteiger partial charge in [-0.05, 0) is 35.4 Å². The van der Waals surface area contributed by atoms with E-state index >= 15 is 0 Å². The topological polar surface area (TPSA) is 26.3 Å². The Bertz CT molecular complexity index is 990. The number of hydrogen-bond acceptors (Lipinski definition) is 2. The number of ketones is 1. The quantitative estimate of drug-likeness (QED) is 0.509. The van der Waals surface area contributed by atoms with Gasteiger partial charge in [-0.2, -0.15) is 0 Å². The molecule has 0 aliphatic heterocycles. The molecule has 0 atom stereocenters. The molecule has 0 amide bonds. The van der Waals surface area contributed by atoms with Gasteiger partial charge in [-0.1, -0.05) is 70.5 Å². The fourth-order valence-corrected chi connectivity index (χ4v) is 3.54. The second-order valence-electron chi connectivity index (χ2n) is 6.29. The summed E-state index contributed by atoms with van der Waals surface area (Å²) in [5.41, 5.74) is 4.71. The molecule has 2 nitrogen and oxygen atoms in total. The predicted octanol–water partition coefficient (Wildman–Crippen LogP) is 5.85. The first-order chi connectivity index (χ1) is 12.7. The predicted molar refractivity (Wildman–Crippen MR) is 107 cm³/mol. The highest BCUT2D eigenvalue weighted by Crippen LogP contribution is 2.31. The normalized spacial score (nSPS) is 14.5. The number of Topliss-reactive ketones (excluding diaryl/α,β-unsaturated/α-hetero) is 1. The van der Waals surface area contributed by atoms with Crippen molar-refractivity contribution in [3.8, 4) is 5.75 Å². The summed E-state index contributed by atoms with van der Waals surface area (Å²) in [6, 6.07) is 23.7. The van der Waals surface area contributed by atoms with E-state index in [4.69, 9.17) is 4.74 Å². The third-order valence-corrected chi connectivity index (χ3v) is 4.97. The number of hydrogen-bond donors (Lipinski definition) is 0. The molecule has 0 bridgehead atoms. The van der Waals surface area contributed by atoms with Crippen molar-refractivity contribution in [1.82, 2.24) is 0 Å². The number of rotatable bonds is 4. The molecule has 3 aromatic rings. The molecule has 3 heteroatoms. The van der Waals surface area contributed by atoms with E-state index < -0.39 is 0 Å². The molecule has 0 radical (unpaired) electrons. The zero-order chi connectivity index (χ0) is 17.9. The van der Waals surface area contributed by atoms with Crippen molar-refractivity contribution in [3.63, 3.8) is 0 Å². The molecule has 0 fully saturated rings. The van der Waals surface area contributed by atoms with E-state index in [1.807, 2.05) is 78.9 Å². The van der Waals surface area contributed by atoms with E-state index in [1.165, 1.54) is 0 Å². The van der Waals surface area contributed by atoms with Crippen LogP contribution >= 0.6 is 15.9 Å². The van der Waals surface area contributed by atoms with Crippen LogP contribution in [-0.4, -0.2) is 5.78 Å². The van der Waals surface area contributed by atoms with Gasteiger partial charge in [-0.3, -0.25) is 4.79 Å². The van der Waals surface area contributed by atoms with Crippen LogP contribution in [0.5, 0.6) is 5.75 Å². The maximum atomic E-state index is 12.7. The van der Waals surface area contributed by atoms with Crippen LogP contribution in [0.4, 0.5) is 0 Å². The molecule has 0 saturated heterocycles. The molecule has 0 unspecified atom stereocenters. The minimum atomic E-state index is 0.106. The molecule has 128 valence electrons. The highest BCUT2D eigenvalue weighted by atomic mass is 79.9. The van der Waals surface area contributed by atoms with Crippen LogP contribution < -0.4 is 4.74 Å². The Morgan fingerprint density at radius 2 is 1.73 bits per heavy atom. The summed E-state index contributed by atoms with van der Waals surface area (Å²) in [7, 11) is 0. The average Bonchev–Trinajstić information content (AvgIpc) is 2.98. The zero-order valence-electron chi connectivity index (χ0n) is 14.1. The fraction of sp³-hybridized carbons (Fsp3) is 0.0870. The van der Waals surface area contributed by atoms with Crippen LogP contribution in [0.15, 0.2) is 82.8 Å². The van der Waals surface area contributed by atoms with E-state index in [0.717, 1.165) is 38.0 Å². The number of halogens is 1. The van der Waals surface area contributed by atoms with Gasteiger partial charge in [0.15, 0.2) is 5.78 Å². The summed E-state index contributed by atoms with van der Waals surface area (Å²) in [6.07, 6.45) is 2.62. The molecule has 0 saturated carbocycles. The Balaban J connectivity index is 1.62. The Hall–Kier alpha value is -2.65. The van der Waals surface area contributed by atoms with Crippen LogP contribution in [-0.2, 0) is 13.0 Å². The third-order valence-electron chi connectivity index (χ3n) is 4.47. The number of benzene rings is 3. The van der Waals surface area contributed by atoms with Crippen molar-refractivity contribution in [2.24, 2.45) is 0 Å². The van der Waals surface area contributed by atoms with Gasteiger partial charge in [0, 0.05) is 27.6 Å². The molecule has 0 heterocycles. The first-order valence-corrected chi connectivity index (χ1v) is 9.29. The average molecular weight is 405 g/mol. The SMILES string of the molecule is O=C1/C(=C/c2cc(Br)ccc2OCc2ccccc2)Cc2ccccc21. The molecule has 1 aliphatic rings. The number of allylic oxidation sites excluding steroid dienone is 1. The van der Waals surface area contributed by atoms with Crippen LogP contribution in [0.3, 0.4) is 0 Å². The van der Waals surface area contributed by atoms with Gasteiger partial charge in [0.25, 0.3) is 0 Å². The Morgan fingerprint density at radius 3 is 2.54 bits per heavy atom. The zero-order valence-corrected chi connectivity index (χ0v) is 15.7. The lowest BCUT2D eigenvalue weighted by molar-refractivity contribution is 0.104. The minimum Gasteiger partial charge on any atom is -0.488 e. The van der Waals surface area contributed by atoms with Crippen LogP contribution in [0.25, 0.3) is 6.08 Å². The van der Waals surface area contributed by atoms with Gasteiger partial charge >= 0.3 is 0 Å².